The second-order valence-electron chi connectivity index (χ2n) is 5.81. The summed E-state index contributed by atoms with van der Waals surface area (Å²) in [4.78, 5) is 23.2. The van der Waals surface area contributed by atoms with Gasteiger partial charge in [-0.1, -0.05) is 18.2 Å². The number of hydrogen-bond acceptors (Lipinski definition) is 9. The van der Waals surface area contributed by atoms with Crippen LogP contribution in [0.25, 0.3) is 0 Å². The number of carbonyl (C=O) groups excluding carboxylic acids is 2. The quantitative estimate of drug-likeness (QED) is 0.514. The lowest BCUT2D eigenvalue weighted by atomic mass is 10.2. The summed E-state index contributed by atoms with van der Waals surface area (Å²) in [6.07, 6.45) is -3.02. The highest BCUT2D eigenvalue weighted by Crippen LogP contribution is 2.22. The Morgan fingerprint density at radius 3 is 2.21 bits per heavy atom. The van der Waals surface area contributed by atoms with Crippen LogP contribution in [0.3, 0.4) is 0 Å². The summed E-state index contributed by atoms with van der Waals surface area (Å²) in [5.74, 6) is -3.67. The Morgan fingerprint density at radius 1 is 1.04 bits per heavy atom. The molecule has 1 aliphatic rings. The molecule has 0 amide bonds. The van der Waals surface area contributed by atoms with Gasteiger partial charge in [0.25, 0.3) is 0 Å². The van der Waals surface area contributed by atoms with Gasteiger partial charge in [-0.3, -0.25) is 0 Å². The summed E-state index contributed by atoms with van der Waals surface area (Å²) in [5, 5.41) is 36.7. The Labute approximate surface area is 159 Å². The third-order valence-corrected chi connectivity index (χ3v) is 3.81. The molecular weight excluding hydrogens is 368 g/mol. The number of azo groups is 1. The maximum Gasteiger partial charge on any atom is 0.377 e. The molecule has 0 saturated carbocycles. The molecule has 9 nitrogen and oxygen atoms in total. The van der Waals surface area contributed by atoms with E-state index in [4.69, 9.17) is 4.74 Å². The fourth-order valence-corrected chi connectivity index (χ4v) is 2.33. The van der Waals surface area contributed by atoms with Crippen LogP contribution in [-0.4, -0.2) is 46.1 Å². The molecule has 0 spiro atoms. The molecule has 3 rings (SSSR count). The monoisotopic (exact) mass is 384 g/mol. The number of aliphatic hydroxyl groups excluding tert-OH is 3. The second kappa shape index (κ2) is 8.31. The van der Waals surface area contributed by atoms with E-state index in [9.17, 15) is 24.9 Å². The van der Waals surface area contributed by atoms with Crippen molar-refractivity contribution in [1.29, 1.82) is 0 Å². The molecule has 0 bridgehead atoms. The Kier molecular flexibility index (Phi) is 5.66. The molecule has 0 aliphatic carbocycles. The summed E-state index contributed by atoms with van der Waals surface area (Å²) in [7, 11) is 0. The van der Waals surface area contributed by atoms with Gasteiger partial charge in [0, 0.05) is 0 Å². The largest absolute Gasteiger partial charge is 0.505 e. The molecule has 2 unspecified atom stereocenters. The molecule has 2 aromatic rings. The van der Waals surface area contributed by atoms with Crippen molar-refractivity contribution in [2.75, 3.05) is 6.61 Å². The number of ether oxygens (including phenoxy) is 2. The van der Waals surface area contributed by atoms with Crippen molar-refractivity contribution in [3.63, 3.8) is 0 Å². The molecule has 0 fully saturated rings. The van der Waals surface area contributed by atoms with Crippen LogP contribution in [0, 0.1) is 0 Å². The normalized spacial score (nSPS) is 17.6. The number of esters is 2. The zero-order valence-corrected chi connectivity index (χ0v) is 14.4. The molecule has 2 aromatic carbocycles. The average molecular weight is 384 g/mol. The van der Waals surface area contributed by atoms with Crippen LogP contribution in [0.15, 0.2) is 76.3 Å². The number of cyclic esters (lactones) is 1. The fourth-order valence-electron chi connectivity index (χ4n) is 2.33. The number of hydrogen-bond donors (Lipinski definition) is 3. The van der Waals surface area contributed by atoms with Crippen molar-refractivity contribution in [3.05, 3.63) is 71.7 Å². The van der Waals surface area contributed by atoms with E-state index in [1.165, 1.54) is 12.1 Å². The second-order valence-corrected chi connectivity index (χ2v) is 5.81. The number of carbonyl (C=O) groups is 2. The minimum absolute atomic E-state index is 0.205. The Hall–Kier alpha value is -3.72. The van der Waals surface area contributed by atoms with E-state index in [1.807, 2.05) is 18.2 Å². The van der Waals surface area contributed by atoms with Gasteiger partial charge in [-0.2, -0.15) is 10.2 Å². The zero-order chi connectivity index (χ0) is 20.1. The summed E-state index contributed by atoms with van der Waals surface area (Å²) in [6, 6.07) is 15.3. The molecule has 0 radical (unpaired) electrons. The van der Waals surface area contributed by atoms with Crippen LogP contribution in [0.2, 0.25) is 0 Å². The Morgan fingerprint density at radius 2 is 1.64 bits per heavy atom. The summed E-state index contributed by atoms with van der Waals surface area (Å²) < 4.78 is 9.53. The van der Waals surface area contributed by atoms with Crippen molar-refractivity contribution in [2.24, 2.45) is 10.2 Å². The minimum Gasteiger partial charge on any atom is -0.505 e. The molecule has 144 valence electrons. The first-order valence-corrected chi connectivity index (χ1v) is 8.21. The molecular formula is C19H16N2O7. The molecule has 1 aliphatic heterocycles. The number of aliphatic hydroxyl groups is 3. The van der Waals surface area contributed by atoms with Gasteiger partial charge in [0.1, 0.15) is 12.7 Å². The molecule has 2 atom stereocenters. The van der Waals surface area contributed by atoms with E-state index in [1.54, 1.807) is 24.3 Å². The zero-order valence-electron chi connectivity index (χ0n) is 14.4. The first-order chi connectivity index (χ1) is 13.5. The maximum atomic E-state index is 12.0. The van der Waals surface area contributed by atoms with Crippen molar-refractivity contribution in [3.8, 4) is 0 Å². The molecule has 1 heterocycles. The summed E-state index contributed by atoms with van der Waals surface area (Å²) in [5.41, 5.74) is 1.43. The lowest BCUT2D eigenvalue weighted by Gasteiger charge is -2.17. The van der Waals surface area contributed by atoms with Crippen molar-refractivity contribution >= 4 is 23.3 Å². The van der Waals surface area contributed by atoms with Gasteiger partial charge in [-0.15, -0.1) is 0 Å². The van der Waals surface area contributed by atoms with E-state index in [0.29, 0.717) is 11.4 Å². The van der Waals surface area contributed by atoms with E-state index >= 15 is 0 Å². The summed E-state index contributed by atoms with van der Waals surface area (Å²) in [6.45, 7) is -0.552. The van der Waals surface area contributed by atoms with Crippen LogP contribution in [0.4, 0.5) is 11.4 Å². The van der Waals surface area contributed by atoms with Crippen molar-refractivity contribution < 1.29 is 34.4 Å². The van der Waals surface area contributed by atoms with Gasteiger partial charge >= 0.3 is 11.9 Å². The van der Waals surface area contributed by atoms with Crippen LogP contribution in [0.5, 0.6) is 0 Å². The van der Waals surface area contributed by atoms with Crippen LogP contribution >= 0.6 is 0 Å². The summed E-state index contributed by atoms with van der Waals surface area (Å²) >= 11 is 0. The molecule has 28 heavy (non-hydrogen) atoms. The van der Waals surface area contributed by atoms with Crippen molar-refractivity contribution in [1.82, 2.24) is 0 Å². The van der Waals surface area contributed by atoms with Gasteiger partial charge in [0.2, 0.25) is 5.76 Å². The third kappa shape index (κ3) is 4.33. The first kappa shape index (κ1) is 19.1. The van der Waals surface area contributed by atoms with Crippen molar-refractivity contribution in [2.45, 2.75) is 12.2 Å². The van der Waals surface area contributed by atoms with Gasteiger partial charge in [0.15, 0.2) is 11.9 Å². The topological polar surface area (TPSA) is 138 Å². The van der Waals surface area contributed by atoms with E-state index in [2.05, 4.69) is 15.0 Å². The van der Waals surface area contributed by atoms with E-state index in [-0.39, 0.29) is 5.56 Å². The fraction of sp³-hybridized carbons (Fsp3) is 0.158. The maximum absolute atomic E-state index is 12.0. The standard InChI is InChI=1S/C19H16N2O7/c22-14(17-15(23)16(24)19(26)28-17)10-27-18(25)11-6-8-13(9-7-11)21-20-12-4-2-1-3-5-12/h1-9,14,17,22-24H,10H2. The number of benzene rings is 2. The molecule has 3 N–H and O–H groups in total. The minimum atomic E-state index is -1.53. The average Bonchev–Trinajstić information content (AvgIpc) is 2.98. The number of rotatable bonds is 6. The van der Waals surface area contributed by atoms with Crippen LogP contribution < -0.4 is 0 Å². The Bertz CT molecular complexity index is 923. The van der Waals surface area contributed by atoms with E-state index in [0.717, 1.165) is 0 Å². The Balaban J connectivity index is 1.55. The van der Waals surface area contributed by atoms with E-state index < -0.39 is 42.3 Å². The highest BCUT2D eigenvalue weighted by atomic mass is 16.6. The highest BCUT2D eigenvalue weighted by Gasteiger charge is 2.39. The van der Waals surface area contributed by atoms with Crippen LogP contribution in [-0.2, 0) is 14.3 Å². The highest BCUT2D eigenvalue weighted by molar-refractivity contribution is 5.90. The smallest absolute Gasteiger partial charge is 0.377 e. The predicted molar refractivity (Wildman–Crippen MR) is 95.5 cm³/mol. The van der Waals surface area contributed by atoms with Gasteiger partial charge in [0.05, 0.1) is 16.9 Å². The molecule has 9 heteroatoms. The number of nitrogens with zero attached hydrogens (tertiary/aromatic N) is 2. The SMILES string of the molecule is O=C1OC(C(O)COC(=O)c2ccc(N=Nc3ccccc3)cc2)C(O)=C1O. The van der Waals surface area contributed by atoms with Gasteiger partial charge in [-0.25, -0.2) is 9.59 Å². The molecule has 0 saturated heterocycles. The van der Waals surface area contributed by atoms with Gasteiger partial charge < -0.3 is 24.8 Å². The lowest BCUT2D eigenvalue weighted by molar-refractivity contribution is -0.147. The third-order valence-electron chi connectivity index (χ3n) is 3.81. The van der Waals surface area contributed by atoms with Gasteiger partial charge in [-0.05, 0) is 36.4 Å². The molecule has 0 aromatic heterocycles. The lowest BCUT2D eigenvalue weighted by Crippen LogP contribution is -2.33. The predicted octanol–water partition coefficient (Wildman–Crippen LogP) is 2.87. The first-order valence-electron chi connectivity index (χ1n) is 8.21. The van der Waals surface area contributed by atoms with Crippen LogP contribution in [0.1, 0.15) is 10.4 Å².